The van der Waals surface area contributed by atoms with Gasteiger partial charge in [-0.3, -0.25) is 0 Å². The molecule has 0 bridgehead atoms. The minimum Gasteiger partial charge on any atom is -0.508 e. The molecule has 3 N–H and O–H groups in total. The van der Waals surface area contributed by atoms with Gasteiger partial charge in [0.2, 0.25) is 0 Å². The highest BCUT2D eigenvalue weighted by Gasteiger charge is 2.33. The maximum Gasteiger partial charge on any atom is 0.116 e. The van der Waals surface area contributed by atoms with Gasteiger partial charge in [0.05, 0.1) is 6.04 Å². The molecule has 1 fully saturated rings. The molecule has 4 rings (SSSR count). The van der Waals surface area contributed by atoms with E-state index in [4.69, 9.17) is 0 Å². The zero-order valence-electron chi connectivity index (χ0n) is 10.4. The Bertz CT molecular complexity index is 598. The van der Waals surface area contributed by atoms with Crippen molar-refractivity contribution in [2.24, 2.45) is 5.92 Å². The summed E-state index contributed by atoms with van der Waals surface area (Å²) in [5.74, 6) is 1.16. The maximum absolute atomic E-state index is 9.65. The van der Waals surface area contributed by atoms with Gasteiger partial charge in [-0.2, -0.15) is 0 Å². The first kappa shape index (κ1) is 10.4. The van der Waals surface area contributed by atoms with Crippen LogP contribution in [0, 0.1) is 5.92 Å². The van der Waals surface area contributed by atoms with Crippen LogP contribution in [-0.4, -0.2) is 16.6 Å². The van der Waals surface area contributed by atoms with Crippen LogP contribution in [0.1, 0.15) is 36.6 Å². The molecule has 1 aliphatic heterocycles. The smallest absolute Gasteiger partial charge is 0.116 e. The van der Waals surface area contributed by atoms with Crippen LogP contribution in [0.15, 0.2) is 18.2 Å². The van der Waals surface area contributed by atoms with Crippen molar-refractivity contribution in [1.29, 1.82) is 0 Å². The molecule has 2 aliphatic rings. The van der Waals surface area contributed by atoms with Gasteiger partial charge in [0.25, 0.3) is 0 Å². The summed E-state index contributed by atoms with van der Waals surface area (Å²) < 4.78 is 0. The van der Waals surface area contributed by atoms with Crippen LogP contribution in [0.3, 0.4) is 0 Å². The Morgan fingerprint density at radius 3 is 2.89 bits per heavy atom. The molecule has 1 saturated carbocycles. The van der Waals surface area contributed by atoms with E-state index in [1.165, 1.54) is 35.9 Å². The molecule has 2 heterocycles. The largest absolute Gasteiger partial charge is 0.508 e. The summed E-state index contributed by atoms with van der Waals surface area (Å²) >= 11 is 0. The van der Waals surface area contributed by atoms with Crippen LogP contribution in [0.2, 0.25) is 0 Å². The Morgan fingerprint density at radius 1 is 1.22 bits per heavy atom. The number of rotatable bonds is 1. The summed E-state index contributed by atoms with van der Waals surface area (Å²) in [5.41, 5.74) is 3.94. The number of fused-ring (bicyclic) bond motifs is 3. The molecular weight excluding hydrogens is 224 g/mol. The van der Waals surface area contributed by atoms with Crippen LogP contribution in [0.25, 0.3) is 10.9 Å². The monoisotopic (exact) mass is 242 g/mol. The van der Waals surface area contributed by atoms with E-state index in [9.17, 15) is 5.11 Å². The zero-order chi connectivity index (χ0) is 12.1. The normalized spacial score (nSPS) is 23.9. The van der Waals surface area contributed by atoms with Crippen molar-refractivity contribution in [3.8, 4) is 5.75 Å². The predicted molar refractivity (Wildman–Crippen MR) is 71.8 cm³/mol. The summed E-state index contributed by atoms with van der Waals surface area (Å²) in [5, 5.41) is 14.5. The molecule has 3 heteroatoms. The molecule has 1 aliphatic carbocycles. The molecule has 0 radical (unpaired) electrons. The van der Waals surface area contributed by atoms with Crippen molar-refractivity contribution in [2.75, 3.05) is 6.54 Å². The van der Waals surface area contributed by atoms with E-state index in [-0.39, 0.29) is 0 Å². The number of aromatic hydroxyl groups is 1. The third-order valence-corrected chi connectivity index (χ3v) is 4.59. The first-order valence-corrected chi connectivity index (χ1v) is 6.90. The minimum atomic E-state index is 0.364. The van der Waals surface area contributed by atoms with E-state index in [2.05, 4.69) is 10.3 Å². The lowest BCUT2D eigenvalue weighted by atomic mass is 9.76. The van der Waals surface area contributed by atoms with Gasteiger partial charge in [-0.15, -0.1) is 0 Å². The van der Waals surface area contributed by atoms with Gasteiger partial charge in [0.1, 0.15) is 5.75 Å². The summed E-state index contributed by atoms with van der Waals surface area (Å²) in [6.45, 7) is 1.05. The molecular formula is C15H18N2O. The average molecular weight is 242 g/mol. The van der Waals surface area contributed by atoms with Gasteiger partial charge in [0, 0.05) is 16.6 Å². The van der Waals surface area contributed by atoms with Crippen LogP contribution < -0.4 is 5.32 Å². The fraction of sp³-hybridized carbons (Fsp3) is 0.467. The lowest BCUT2D eigenvalue weighted by Crippen LogP contribution is -2.37. The fourth-order valence-electron chi connectivity index (χ4n) is 3.42. The second kappa shape index (κ2) is 3.75. The third-order valence-electron chi connectivity index (χ3n) is 4.59. The fourth-order valence-corrected chi connectivity index (χ4v) is 3.42. The Kier molecular flexibility index (Phi) is 2.18. The Labute approximate surface area is 106 Å². The number of nitrogens with one attached hydrogen (secondary N) is 2. The number of H-pyrrole nitrogens is 1. The zero-order valence-corrected chi connectivity index (χ0v) is 10.4. The highest BCUT2D eigenvalue weighted by molar-refractivity contribution is 5.86. The Hall–Kier alpha value is -1.48. The number of benzene rings is 1. The SMILES string of the molecule is Oc1ccc2[nH]c3c(c2c1)CCNC3C1CCC1. The van der Waals surface area contributed by atoms with Crippen molar-refractivity contribution in [3.05, 3.63) is 29.5 Å². The molecule has 1 aromatic carbocycles. The van der Waals surface area contributed by atoms with E-state index in [1.54, 1.807) is 6.07 Å². The van der Waals surface area contributed by atoms with Crippen LogP contribution in [-0.2, 0) is 6.42 Å². The number of hydrogen-bond acceptors (Lipinski definition) is 2. The molecule has 0 spiro atoms. The quantitative estimate of drug-likeness (QED) is 0.720. The van der Waals surface area contributed by atoms with Gasteiger partial charge in [-0.25, -0.2) is 0 Å². The molecule has 18 heavy (non-hydrogen) atoms. The highest BCUT2D eigenvalue weighted by atomic mass is 16.3. The van der Waals surface area contributed by atoms with Gasteiger partial charge in [0.15, 0.2) is 0 Å². The first-order chi connectivity index (χ1) is 8.83. The van der Waals surface area contributed by atoms with Gasteiger partial charge in [-0.1, -0.05) is 6.42 Å². The Morgan fingerprint density at radius 2 is 2.11 bits per heavy atom. The number of aromatic nitrogens is 1. The summed E-state index contributed by atoms with van der Waals surface area (Å²) in [4.78, 5) is 3.57. The number of phenols is 1. The van der Waals surface area contributed by atoms with Crippen molar-refractivity contribution in [3.63, 3.8) is 0 Å². The second-order valence-electron chi connectivity index (χ2n) is 5.62. The van der Waals surface area contributed by atoms with Crippen LogP contribution in [0.4, 0.5) is 0 Å². The van der Waals surface area contributed by atoms with Gasteiger partial charge >= 0.3 is 0 Å². The number of aromatic amines is 1. The lowest BCUT2D eigenvalue weighted by Gasteiger charge is -2.36. The van der Waals surface area contributed by atoms with Crippen molar-refractivity contribution < 1.29 is 5.11 Å². The molecule has 94 valence electrons. The van der Waals surface area contributed by atoms with E-state index in [0.717, 1.165) is 24.4 Å². The molecule has 0 saturated heterocycles. The molecule has 0 amide bonds. The predicted octanol–water partition coefficient (Wildman–Crippen LogP) is 2.86. The molecule has 1 aromatic heterocycles. The van der Waals surface area contributed by atoms with Crippen molar-refractivity contribution >= 4 is 10.9 Å². The molecule has 3 nitrogen and oxygen atoms in total. The van der Waals surface area contributed by atoms with E-state index >= 15 is 0 Å². The number of hydrogen-bond donors (Lipinski definition) is 3. The van der Waals surface area contributed by atoms with Gasteiger partial charge in [-0.05, 0) is 55.5 Å². The standard InChI is InChI=1S/C15H18N2O/c18-10-4-5-13-12(8-10)11-6-7-16-14(15(11)17-13)9-2-1-3-9/h4-5,8-9,14,16-18H,1-3,6-7H2. The Balaban J connectivity index is 1.87. The summed E-state index contributed by atoms with van der Waals surface area (Å²) in [6.07, 6.45) is 5.12. The van der Waals surface area contributed by atoms with Crippen molar-refractivity contribution in [1.82, 2.24) is 10.3 Å². The van der Waals surface area contributed by atoms with Gasteiger partial charge < -0.3 is 15.4 Å². The third kappa shape index (κ3) is 1.40. The van der Waals surface area contributed by atoms with E-state index < -0.39 is 0 Å². The van der Waals surface area contributed by atoms with E-state index in [1.807, 2.05) is 12.1 Å². The minimum absolute atomic E-state index is 0.364. The summed E-state index contributed by atoms with van der Waals surface area (Å²) in [6, 6.07) is 6.14. The summed E-state index contributed by atoms with van der Waals surface area (Å²) in [7, 11) is 0. The molecule has 1 atom stereocenters. The number of phenolic OH excluding ortho intramolecular Hbond substituents is 1. The molecule has 2 aromatic rings. The topological polar surface area (TPSA) is 48.0 Å². The van der Waals surface area contributed by atoms with Crippen LogP contribution >= 0.6 is 0 Å². The first-order valence-electron chi connectivity index (χ1n) is 6.90. The van der Waals surface area contributed by atoms with Crippen LogP contribution in [0.5, 0.6) is 5.75 Å². The average Bonchev–Trinajstić information content (AvgIpc) is 2.66. The highest BCUT2D eigenvalue weighted by Crippen LogP contribution is 2.42. The maximum atomic E-state index is 9.65. The lowest BCUT2D eigenvalue weighted by molar-refractivity contribution is 0.222. The second-order valence-corrected chi connectivity index (χ2v) is 5.62. The van der Waals surface area contributed by atoms with Crippen molar-refractivity contribution in [2.45, 2.75) is 31.7 Å². The van der Waals surface area contributed by atoms with E-state index in [0.29, 0.717) is 11.8 Å². The molecule has 1 unspecified atom stereocenters.